The van der Waals surface area contributed by atoms with Gasteiger partial charge in [-0.25, -0.2) is 4.98 Å². The van der Waals surface area contributed by atoms with Crippen LogP contribution in [-0.2, 0) is 25.5 Å². The molecule has 0 spiro atoms. The molecule has 2 aliphatic rings. The number of benzene rings is 1. The van der Waals surface area contributed by atoms with E-state index in [0.717, 1.165) is 12.8 Å². The summed E-state index contributed by atoms with van der Waals surface area (Å²) in [4.78, 5) is 43.5. The van der Waals surface area contributed by atoms with Crippen LogP contribution in [0.5, 0.6) is 0 Å². The van der Waals surface area contributed by atoms with Crippen molar-refractivity contribution in [2.45, 2.75) is 44.8 Å². The van der Waals surface area contributed by atoms with Crippen molar-refractivity contribution in [3.63, 3.8) is 0 Å². The van der Waals surface area contributed by atoms with E-state index in [1.165, 1.54) is 0 Å². The molecule has 1 amide bonds. The van der Waals surface area contributed by atoms with E-state index in [0.29, 0.717) is 42.8 Å². The van der Waals surface area contributed by atoms with Gasteiger partial charge in [0.2, 0.25) is 0 Å². The molecule has 8 nitrogen and oxygen atoms in total. The summed E-state index contributed by atoms with van der Waals surface area (Å²) in [6.45, 7) is 3.14. The van der Waals surface area contributed by atoms with Crippen molar-refractivity contribution >= 4 is 22.8 Å². The Kier molecular flexibility index (Phi) is 5.62. The third-order valence-electron chi connectivity index (χ3n) is 5.30. The third-order valence-corrected chi connectivity index (χ3v) is 5.30. The Bertz CT molecular complexity index is 982. The van der Waals surface area contributed by atoms with Crippen LogP contribution in [0.3, 0.4) is 0 Å². The minimum absolute atomic E-state index is 0.0125. The summed E-state index contributed by atoms with van der Waals surface area (Å²) in [5, 5.41) is 0.594. The molecule has 1 unspecified atom stereocenters. The van der Waals surface area contributed by atoms with Gasteiger partial charge in [0.05, 0.1) is 30.0 Å². The molecular formula is C21H25N3O5. The van der Waals surface area contributed by atoms with Crippen LogP contribution >= 0.6 is 0 Å². The van der Waals surface area contributed by atoms with E-state index in [4.69, 9.17) is 9.47 Å². The lowest BCUT2D eigenvalue weighted by Gasteiger charge is -2.30. The number of morpholine rings is 1. The van der Waals surface area contributed by atoms with E-state index in [-0.39, 0.29) is 36.6 Å². The lowest BCUT2D eigenvalue weighted by atomic mass is 10.2. The fourth-order valence-electron chi connectivity index (χ4n) is 3.64. The van der Waals surface area contributed by atoms with Crippen molar-refractivity contribution in [3.8, 4) is 0 Å². The molecule has 0 radical (unpaired) electrons. The average Bonchev–Trinajstić information content (AvgIpc) is 3.55. The number of esters is 1. The molecule has 0 bridgehead atoms. The number of hydrogen-bond acceptors (Lipinski definition) is 6. The second-order valence-corrected chi connectivity index (χ2v) is 7.63. The number of para-hydroxylation sites is 1. The van der Waals surface area contributed by atoms with Crippen molar-refractivity contribution < 1.29 is 19.1 Å². The maximum absolute atomic E-state index is 12.8. The quantitative estimate of drug-likeness (QED) is 0.683. The third kappa shape index (κ3) is 4.48. The number of nitrogens with zero attached hydrogens (tertiary/aromatic N) is 3. The fourth-order valence-corrected chi connectivity index (χ4v) is 3.64. The number of aromatic nitrogens is 2. The first kappa shape index (κ1) is 19.6. The highest BCUT2D eigenvalue weighted by Gasteiger charge is 2.28. The number of fused-ring (bicyclic) bond motifs is 1. The lowest BCUT2D eigenvalue weighted by molar-refractivity contribution is -0.154. The first-order chi connectivity index (χ1) is 14.0. The molecule has 29 heavy (non-hydrogen) atoms. The normalized spacial score (nSPS) is 19.3. The predicted octanol–water partition coefficient (Wildman–Crippen LogP) is 1.45. The van der Waals surface area contributed by atoms with Crippen LogP contribution in [0, 0.1) is 0 Å². The Labute approximate surface area is 168 Å². The number of aryl methyl sites for hydroxylation is 1. The largest absolute Gasteiger partial charge is 0.456 e. The summed E-state index contributed by atoms with van der Waals surface area (Å²) in [6, 6.07) is 7.41. The van der Waals surface area contributed by atoms with Gasteiger partial charge in [-0.2, -0.15) is 0 Å². The van der Waals surface area contributed by atoms with E-state index in [2.05, 4.69) is 4.98 Å². The second-order valence-electron chi connectivity index (χ2n) is 7.63. The molecular weight excluding hydrogens is 374 g/mol. The summed E-state index contributed by atoms with van der Waals surface area (Å²) in [5.74, 6) is -0.0851. The smallest absolute Gasteiger partial charge is 0.306 e. The SMILES string of the molecule is CC1CN(C(=O)COC(=O)CCc2nc3ccccc3c(=O)n2C2CC2)CCO1. The summed E-state index contributed by atoms with van der Waals surface area (Å²) in [5.41, 5.74) is 0.576. The molecule has 1 atom stereocenters. The highest BCUT2D eigenvalue weighted by molar-refractivity contribution is 5.81. The fraction of sp³-hybridized carbons (Fsp3) is 0.524. The zero-order valence-corrected chi connectivity index (χ0v) is 16.5. The molecule has 1 saturated carbocycles. The van der Waals surface area contributed by atoms with Crippen LogP contribution in [0.15, 0.2) is 29.1 Å². The molecule has 4 rings (SSSR count). The predicted molar refractivity (Wildman–Crippen MR) is 106 cm³/mol. The molecule has 1 aromatic carbocycles. The number of carbonyl (C=O) groups is 2. The van der Waals surface area contributed by atoms with Gasteiger partial charge in [0.15, 0.2) is 6.61 Å². The summed E-state index contributed by atoms with van der Waals surface area (Å²) < 4.78 is 12.3. The second kappa shape index (κ2) is 8.32. The Hall–Kier alpha value is -2.74. The maximum atomic E-state index is 12.8. The first-order valence-electron chi connectivity index (χ1n) is 10.1. The van der Waals surface area contributed by atoms with Gasteiger partial charge >= 0.3 is 5.97 Å². The first-order valence-corrected chi connectivity index (χ1v) is 10.1. The van der Waals surface area contributed by atoms with E-state index in [1.807, 2.05) is 19.1 Å². The molecule has 2 fully saturated rings. The number of carbonyl (C=O) groups excluding carboxylic acids is 2. The zero-order valence-electron chi connectivity index (χ0n) is 16.5. The number of hydrogen-bond donors (Lipinski definition) is 0. The molecule has 2 aromatic rings. The minimum atomic E-state index is -0.468. The van der Waals surface area contributed by atoms with Crippen molar-refractivity contribution in [1.82, 2.24) is 14.5 Å². The Morgan fingerprint density at radius 3 is 2.83 bits per heavy atom. The number of amides is 1. The molecule has 154 valence electrons. The number of ether oxygens (including phenoxy) is 2. The van der Waals surface area contributed by atoms with Crippen LogP contribution in [0.2, 0.25) is 0 Å². The molecule has 1 aliphatic heterocycles. The molecule has 1 aliphatic carbocycles. The summed E-state index contributed by atoms with van der Waals surface area (Å²) in [6.07, 6.45) is 2.26. The molecule has 0 N–H and O–H groups in total. The van der Waals surface area contributed by atoms with Gasteiger partial charge < -0.3 is 14.4 Å². The van der Waals surface area contributed by atoms with Crippen LogP contribution < -0.4 is 5.56 Å². The van der Waals surface area contributed by atoms with E-state index in [9.17, 15) is 14.4 Å². The molecule has 2 heterocycles. The van der Waals surface area contributed by atoms with Gasteiger partial charge in [0.25, 0.3) is 11.5 Å². The van der Waals surface area contributed by atoms with Gasteiger partial charge in [-0.1, -0.05) is 12.1 Å². The van der Waals surface area contributed by atoms with Crippen LogP contribution in [0.1, 0.15) is 38.1 Å². The zero-order chi connectivity index (χ0) is 20.4. The van der Waals surface area contributed by atoms with E-state index < -0.39 is 5.97 Å². The van der Waals surface area contributed by atoms with Gasteiger partial charge in [0.1, 0.15) is 5.82 Å². The van der Waals surface area contributed by atoms with Crippen molar-refractivity contribution in [2.24, 2.45) is 0 Å². The van der Waals surface area contributed by atoms with Crippen LogP contribution in [0.25, 0.3) is 10.9 Å². The molecule has 1 saturated heterocycles. The Morgan fingerprint density at radius 1 is 1.28 bits per heavy atom. The van der Waals surface area contributed by atoms with Crippen molar-refractivity contribution in [1.29, 1.82) is 0 Å². The monoisotopic (exact) mass is 399 g/mol. The Balaban J connectivity index is 1.38. The highest BCUT2D eigenvalue weighted by atomic mass is 16.5. The molecule has 8 heteroatoms. The van der Waals surface area contributed by atoms with Crippen molar-refractivity contribution in [3.05, 3.63) is 40.4 Å². The van der Waals surface area contributed by atoms with Crippen LogP contribution in [0.4, 0.5) is 0 Å². The van der Waals surface area contributed by atoms with E-state index >= 15 is 0 Å². The Morgan fingerprint density at radius 2 is 2.07 bits per heavy atom. The van der Waals surface area contributed by atoms with E-state index in [1.54, 1.807) is 21.6 Å². The van der Waals surface area contributed by atoms with Crippen LogP contribution in [-0.4, -0.2) is 58.7 Å². The summed E-state index contributed by atoms with van der Waals surface area (Å²) in [7, 11) is 0. The van der Waals surface area contributed by atoms with Crippen molar-refractivity contribution in [2.75, 3.05) is 26.3 Å². The lowest BCUT2D eigenvalue weighted by Crippen LogP contribution is -2.46. The highest BCUT2D eigenvalue weighted by Crippen LogP contribution is 2.34. The van der Waals surface area contributed by atoms with Gasteiger partial charge in [0, 0.05) is 25.6 Å². The average molecular weight is 399 g/mol. The standard InChI is InChI=1S/C21H25N3O5/c1-14-12-23(10-11-28-14)19(25)13-29-20(26)9-8-18-22-17-5-3-2-4-16(17)21(27)24(18)15-6-7-15/h2-5,14-15H,6-13H2,1H3. The minimum Gasteiger partial charge on any atom is -0.456 e. The van der Waals surface area contributed by atoms with Gasteiger partial charge in [-0.05, 0) is 31.9 Å². The summed E-state index contributed by atoms with van der Waals surface area (Å²) >= 11 is 0. The molecule has 1 aromatic heterocycles. The number of rotatable bonds is 6. The van der Waals surface area contributed by atoms with Gasteiger partial charge in [-0.3, -0.25) is 19.0 Å². The maximum Gasteiger partial charge on any atom is 0.306 e. The topological polar surface area (TPSA) is 90.7 Å². The van der Waals surface area contributed by atoms with Gasteiger partial charge in [-0.15, -0.1) is 0 Å².